The maximum absolute atomic E-state index is 12.5. The minimum absolute atomic E-state index is 0.0266. The summed E-state index contributed by atoms with van der Waals surface area (Å²) in [5.74, 6) is 11.6. The van der Waals surface area contributed by atoms with Crippen molar-refractivity contribution in [3.8, 4) is 23.7 Å². The largest absolute Gasteiger partial charge is 0.461 e. The average Bonchev–Trinajstić information content (AvgIpc) is 2.89. The lowest BCUT2D eigenvalue weighted by Gasteiger charge is -2.42. The molecule has 0 aromatic carbocycles. The van der Waals surface area contributed by atoms with Crippen LogP contribution in [-0.4, -0.2) is 37.7 Å². The van der Waals surface area contributed by atoms with E-state index in [0.29, 0.717) is 6.42 Å². The van der Waals surface area contributed by atoms with Gasteiger partial charge < -0.3 is 14.3 Å². The third kappa shape index (κ3) is 3.87. The van der Waals surface area contributed by atoms with E-state index in [2.05, 4.69) is 64.1 Å². The first kappa shape index (κ1) is 20.2. The van der Waals surface area contributed by atoms with Crippen LogP contribution in [0.2, 0.25) is 18.1 Å². The second-order valence-electron chi connectivity index (χ2n) is 9.41. The van der Waals surface area contributed by atoms with Gasteiger partial charge >= 0.3 is 5.97 Å². The molecule has 0 amide bonds. The zero-order valence-electron chi connectivity index (χ0n) is 16.9. The standard InChI is InChI=1S/C22H30O4Si/c1-7-14-8-9-15-12-16(17-13-20(15)25-21(17)24)19(11-10-18(14)23)26-27(5,6)22(2,3)4/h7,14-20,23H,1,12-13H2,2-6H3/t14-,15+,16-,17+,18+,19-,20-/m0/s1. The van der Waals surface area contributed by atoms with Gasteiger partial charge in [-0.05, 0) is 31.0 Å². The summed E-state index contributed by atoms with van der Waals surface area (Å²) in [5.41, 5.74) is 0. The second-order valence-corrected chi connectivity index (χ2v) is 14.2. The smallest absolute Gasteiger partial charge is 0.309 e. The van der Waals surface area contributed by atoms with Crippen LogP contribution in [-0.2, 0) is 14.0 Å². The molecule has 4 nitrogen and oxygen atoms in total. The van der Waals surface area contributed by atoms with E-state index in [-0.39, 0.29) is 34.9 Å². The normalized spacial score (nSPS) is 38.0. The molecule has 1 aliphatic heterocycles. The Bertz CT molecular complexity index is 742. The summed E-state index contributed by atoms with van der Waals surface area (Å²) in [5, 5.41) is 10.5. The van der Waals surface area contributed by atoms with Gasteiger partial charge in [-0.1, -0.05) is 50.5 Å². The Morgan fingerprint density at radius 2 is 1.93 bits per heavy atom. The van der Waals surface area contributed by atoms with Crippen LogP contribution in [0.1, 0.15) is 33.6 Å². The van der Waals surface area contributed by atoms with Crippen LogP contribution in [0.15, 0.2) is 12.7 Å². The molecular weight excluding hydrogens is 356 g/mol. The summed E-state index contributed by atoms with van der Waals surface area (Å²) < 4.78 is 12.3. The van der Waals surface area contributed by atoms with Crippen molar-refractivity contribution < 1.29 is 19.1 Å². The molecule has 5 heteroatoms. The van der Waals surface area contributed by atoms with Crippen LogP contribution in [0, 0.1) is 47.4 Å². The maximum atomic E-state index is 12.5. The topological polar surface area (TPSA) is 55.8 Å². The van der Waals surface area contributed by atoms with Gasteiger partial charge in [0.2, 0.25) is 0 Å². The van der Waals surface area contributed by atoms with Crippen LogP contribution < -0.4 is 0 Å². The molecule has 146 valence electrons. The van der Waals surface area contributed by atoms with Crippen molar-refractivity contribution in [2.24, 2.45) is 23.7 Å². The fourth-order valence-corrected chi connectivity index (χ4v) is 4.99. The molecule has 1 saturated carbocycles. The molecule has 1 saturated heterocycles. The molecule has 0 unspecified atom stereocenters. The molecule has 0 radical (unpaired) electrons. The minimum atomic E-state index is -2.11. The predicted octanol–water partition coefficient (Wildman–Crippen LogP) is 3.13. The van der Waals surface area contributed by atoms with Crippen molar-refractivity contribution in [2.45, 2.75) is 70.1 Å². The lowest BCUT2D eigenvalue weighted by molar-refractivity contribution is -0.144. The Labute approximate surface area is 163 Å². The van der Waals surface area contributed by atoms with Gasteiger partial charge in [0.05, 0.1) is 17.8 Å². The highest BCUT2D eigenvalue weighted by molar-refractivity contribution is 6.74. The molecule has 2 aliphatic carbocycles. The molecule has 0 aromatic rings. The average molecular weight is 387 g/mol. The molecule has 27 heavy (non-hydrogen) atoms. The number of fused-ring (bicyclic) bond motifs is 6. The first-order chi connectivity index (χ1) is 12.5. The van der Waals surface area contributed by atoms with E-state index < -0.39 is 26.4 Å². The number of rotatable bonds is 3. The van der Waals surface area contributed by atoms with Gasteiger partial charge in [-0.25, -0.2) is 0 Å². The van der Waals surface area contributed by atoms with Crippen molar-refractivity contribution in [1.29, 1.82) is 0 Å². The molecule has 1 N–H and O–H groups in total. The summed E-state index contributed by atoms with van der Waals surface area (Å²) in [7, 11) is -2.11. The molecule has 1 heterocycles. The Balaban J connectivity index is 2.01. The fraction of sp³-hybridized carbons (Fsp3) is 0.682. The van der Waals surface area contributed by atoms with Gasteiger partial charge in [0.15, 0.2) is 8.32 Å². The number of carbonyl (C=O) groups excluding carboxylic acids is 1. The van der Waals surface area contributed by atoms with E-state index in [1.807, 2.05) is 0 Å². The molecule has 3 rings (SSSR count). The van der Waals surface area contributed by atoms with Gasteiger partial charge in [0.25, 0.3) is 0 Å². The van der Waals surface area contributed by atoms with Crippen molar-refractivity contribution in [3.05, 3.63) is 12.7 Å². The number of hydrogen-bond acceptors (Lipinski definition) is 4. The zero-order chi connectivity index (χ0) is 20.0. The number of hydrogen-bond donors (Lipinski definition) is 1. The minimum Gasteiger partial charge on any atom is -0.461 e. The van der Waals surface area contributed by atoms with Crippen molar-refractivity contribution in [1.82, 2.24) is 0 Å². The molecule has 0 aromatic heterocycles. The Morgan fingerprint density at radius 1 is 1.22 bits per heavy atom. The van der Waals surface area contributed by atoms with Gasteiger partial charge in [-0.15, -0.1) is 6.58 Å². The highest BCUT2D eigenvalue weighted by Crippen LogP contribution is 2.46. The molecule has 4 bridgehead atoms. The van der Waals surface area contributed by atoms with Crippen LogP contribution in [0.5, 0.6) is 0 Å². The van der Waals surface area contributed by atoms with Gasteiger partial charge in [-0.2, -0.15) is 0 Å². The monoisotopic (exact) mass is 386 g/mol. The number of carbonyl (C=O) groups is 1. The molecule has 0 spiro atoms. The lowest BCUT2D eigenvalue weighted by Crippen LogP contribution is -2.48. The summed E-state index contributed by atoms with van der Waals surface area (Å²) >= 11 is 0. The first-order valence-electron chi connectivity index (χ1n) is 9.74. The summed E-state index contributed by atoms with van der Waals surface area (Å²) in [4.78, 5) is 12.5. The second kappa shape index (κ2) is 7.13. The van der Waals surface area contributed by atoms with Crippen LogP contribution in [0.25, 0.3) is 0 Å². The Kier molecular flexibility index (Phi) is 5.34. The van der Waals surface area contributed by atoms with E-state index in [9.17, 15) is 9.90 Å². The van der Waals surface area contributed by atoms with Crippen LogP contribution >= 0.6 is 0 Å². The summed E-state index contributed by atoms with van der Waals surface area (Å²) in [6, 6.07) is 0. The summed E-state index contributed by atoms with van der Waals surface area (Å²) in [6.45, 7) is 14.7. The van der Waals surface area contributed by atoms with E-state index in [1.54, 1.807) is 6.08 Å². The highest BCUT2D eigenvalue weighted by atomic mass is 28.4. The van der Waals surface area contributed by atoms with Crippen molar-refractivity contribution in [2.75, 3.05) is 0 Å². The van der Waals surface area contributed by atoms with Gasteiger partial charge in [-0.3, -0.25) is 4.79 Å². The van der Waals surface area contributed by atoms with Crippen LogP contribution in [0.4, 0.5) is 0 Å². The van der Waals surface area contributed by atoms with E-state index in [0.717, 1.165) is 6.42 Å². The quantitative estimate of drug-likeness (QED) is 0.350. The summed E-state index contributed by atoms with van der Waals surface area (Å²) in [6.07, 6.45) is 1.58. The zero-order valence-corrected chi connectivity index (χ0v) is 17.9. The highest BCUT2D eigenvalue weighted by Gasteiger charge is 2.52. The van der Waals surface area contributed by atoms with E-state index >= 15 is 0 Å². The maximum Gasteiger partial charge on any atom is 0.309 e. The van der Waals surface area contributed by atoms with E-state index in [4.69, 9.17) is 9.16 Å². The third-order valence-corrected chi connectivity index (χ3v) is 11.0. The lowest BCUT2D eigenvalue weighted by atomic mass is 9.72. The van der Waals surface area contributed by atoms with Crippen LogP contribution in [0.3, 0.4) is 0 Å². The van der Waals surface area contributed by atoms with Crippen molar-refractivity contribution in [3.63, 3.8) is 0 Å². The number of aliphatic hydroxyl groups is 1. The number of aliphatic hydroxyl groups excluding tert-OH is 1. The van der Waals surface area contributed by atoms with E-state index in [1.165, 1.54) is 0 Å². The molecule has 3 aliphatic rings. The fourth-order valence-electron chi connectivity index (χ4n) is 3.77. The molecule has 2 fully saturated rings. The first-order valence-corrected chi connectivity index (χ1v) is 12.7. The Morgan fingerprint density at radius 3 is 2.56 bits per heavy atom. The van der Waals surface area contributed by atoms with Gasteiger partial charge in [0, 0.05) is 5.92 Å². The molecule has 7 atom stereocenters. The Hall–Kier alpha value is -1.53. The number of esters is 1. The predicted molar refractivity (Wildman–Crippen MR) is 107 cm³/mol. The van der Waals surface area contributed by atoms with Crippen molar-refractivity contribution >= 4 is 14.3 Å². The van der Waals surface area contributed by atoms with Gasteiger partial charge in [0.1, 0.15) is 18.3 Å². The number of ether oxygens (including phenoxy) is 1. The SMILES string of the molecule is C=C[C@H]1C#C[C@@H]2C[C@H]([C@@H](O[Si](C)(C)C(C)(C)C)C#C[C@H]1O)[C@H]1C[C@@H]2OC1=O. The molecular formula is C22H30O4Si. The third-order valence-electron chi connectivity index (χ3n) is 6.57.